The molecule has 1 aromatic rings. The van der Waals surface area contributed by atoms with E-state index in [2.05, 4.69) is 15.7 Å². The average Bonchev–Trinajstić information content (AvgIpc) is 2.69. The Morgan fingerprint density at radius 1 is 1.52 bits per heavy atom. The summed E-state index contributed by atoms with van der Waals surface area (Å²) in [6.07, 6.45) is 1.73. The van der Waals surface area contributed by atoms with Crippen molar-refractivity contribution in [2.45, 2.75) is 38.6 Å². The van der Waals surface area contributed by atoms with Crippen LogP contribution in [0.5, 0.6) is 0 Å². The number of nitro groups is 1. The van der Waals surface area contributed by atoms with Crippen LogP contribution in [0, 0.1) is 10.1 Å². The number of nitrogens with one attached hydrogen (secondary N) is 2. The van der Waals surface area contributed by atoms with Crippen LogP contribution in [-0.2, 0) is 23.1 Å². The third kappa shape index (κ3) is 3.01. The molecule has 9 heteroatoms. The van der Waals surface area contributed by atoms with Gasteiger partial charge in [0.2, 0.25) is 17.6 Å². The lowest BCUT2D eigenvalue weighted by Gasteiger charge is -2.22. The summed E-state index contributed by atoms with van der Waals surface area (Å²) in [7, 11) is 1.58. The van der Waals surface area contributed by atoms with Crippen LogP contribution in [0.3, 0.4) is 0 Å². The minimum absolute atomic E-state index is 0.107. The van der Waals surface area contributed by atoms with E-state index in [4.69, 9.17) is 0 Å². The number of rotatable bonds is 5. The van der Waals surface area contributed by atoms with Crippen LogP contribution in [0.4, 0.5) is 11.5 Å². The normalized spacial score (nSPS) is 18.5. The van der Waals surface area contributed by atoms with Crippen molar-refractivity contribution in [1.82, 2.24) is 15.1 Å². The fourth-order valence-corrected chi connectivity index (χ4v) is 2.32. The van der Waals surface area contributed by atoms with Crippen molar-refractivity contribution >= 4 is 23.3 Å². The van der Waals surface area contributed by atoms with Crippen LogP contribution in [-0.4, -0.2) is 32.6 Å². The minimum Gasteiger partial charge on any atom is -0.353 e. The second kappa shape index (κ2) is 5.90. The zero-order valence-electron chi connectivity index (χ0n) is 11.9. The summed E-state index contributed by atoms with van der Waals surface area (Å²) in [6, 6.07) is -0.675. The van der Waals surface area contributed by atoms with E-state index in [0.717, 1.165) is 6.42 Å². The number of amides is 2. The first-order chi connectivity index (χ1) is 9.93. The summed E-state index contributed by atoms with van der Waals surface area (Å²) in [5, 5.41) is 20.5. The van der Waals surface area contributed by atoms with Crippen molar-refractivity contribution in [2.24, 2.45) is 7.05 Å². The van der Waals surface area contributed by atoms with Gasteiger partial charge in [-0.25, -0.2) is 4.68 Å². The fourth-order valence-electron chi connectivity index (χ4n) is 2.32. The molecule has 2 rings (SSSR count). The van der Waals surface area contributed by atoms with Gasteiger partial charge in [0.1, 0.15) is 11.7 Å². The zero-order chi connectivity index (χ0) is 15.6. The monoisotopic (exact) mass is 295 g/mol. The molecule has 2 heterocycles. The first-order valence-electron chi connectivity index (χ1n) is 6.74. The number of aromatic nitrogens is 2. The Hall–Kier alpha value is -2.45. The number of imide groups is 1. The predicted octanol–water partition coefficient (Wildman–Crippen LogP) is 0.498. The topological polar surface area (TPSA) is 119 Å². The third-order valence-corrected chi connectivity index (χ3v) is 3.31. The van der Waals surface area contributed by atoms with E-state index in [-0.39, 0.29) is 23.8 Å². The summed E-state index contributed by atoms with van der Waals surface area (Å²) in [6.45, 7) is 1.91. The number of hydrogen-bond donors (Lipinski definition) is 2. The van der Waals surface area contributed by atoms with Crippen LogP contribution in [0.15, 0.2) is 0 Å². The molecule has 1 atom stereocenters. The summed E-state index contributed by atoms with van der Waals surface area (Å²) in [5.74, 6) is -0.610. The first-order valence-corrected chi connectivity index (χ1v) is 6.74. The lowest BCUT2D eigenvalue weighted by Crippen LogP contribution is -2.47. The third-order valence-electron chi connectivity index (χ3n) is 3.31. The largest absolute Gasteiger partial charge is 0.353 e. The highest BCUT2D eigenvalue weighted by Crippen LogP contribution is 2.30. The van der Waals surface area contributed by atoms with E-state index in [0.29, 0.717) is 18.5 Å². The van der Waals surface area contributed by atoms with Gasteiger partial charge in [-0.2, -0.15) is 5.10 Å². The van der Waals surface area contributed by atoms with E-state index in [1.54, 1.807) is 7.05 Å². The Bertz CT molecular complexity index is 595. The molecule has 2 N–H and O–H groups in total. The molecule has 2 amide bonds. The number of carbonyl (C=O) groups excluding carboxylic acids is 2. The van der Waals surface area contributed by atoms with Gasteiger partial charge in [-0.1, -0.05) is 13.3 Å². The Balaban J connectivity index is 2.29. The molecular weight excluding hydrogens is 278 g/mol. The highest BCUT2D eigenvalue weighted by Gasteiger charge is 2.32. The van der Waals surface area contributed by atoms with E-state index >= 15 is 0 Å². The molecule has 0 radical (unpaired) electrons. The van der Waals surface area contributed by atoms with Crippen molar-refractivity contribution in [3.63, 3.8) is 0 Å². The second-order valence-corrected chi connectivity index (χ2v) is 4.92. The molecule has 0 bridgehead atoms. The summed E-state index contributed by atoms with van der Waals surface area (Å²) >= 11 is 0. The molecule has 114 valence electrons. The van der Waals surface area contributed by atoms with Crippen molar-refractivity contribution < 1.29 is 14.5 Å². The SMILES string of the molecule is CCCc1nn(C)c(NC2CCC(=O)NC2=O)c1[N+](=O)[O-]. The fraction of sp³-hybridized carbons (Fsp3) is 0.583. The van der Waals surface area contributed by atoms with Crippen LogP contribution in [0.25, 0.3) is 0 Å². The van der Waals surface area contributed by atoms with Gasteiger partial charge in [0, 0.05) is 13.5 Å². The van der Waals surface area contributed by atoms with Gasteiger partial charge < -0.3 is 5.32 Å². The average molecular weight is 295 g/mol. The van der Waals surface area contributed by atoms with E-state index in [9.17, 15) is 19.7 Å². The molecule has 1 fully saturated rings. The summed E-state index contributed by atoms with van der Waals surface area (Å²) in [5.41, 5.74) is 0.281. The first kappa shape index (κ1) is 14.9. The van der Waals surface area contributed by atoms with Crippen molar-refractivity contribution in [3.05, 3.63) is 15.8 Å². The number of nitrogens with zero attached hydrogens (tertiary/aromatic N) is 3. The molecule has 1 aromatic heterocycles. The number of hydrogen-bond acceptors (Lipinski definition) is 6. The van der Waals surface area contributed by atoms with Crippen LogP contribution in [0.1, 0.15) is 31.9 Å². The van der Waals surface area contributed by atoms with Gasteiger partial charge in [-0.05, 0) is 12.8 Å². The van der Waals surface area contributed by atoms with Crippen LogP contribution >= 0.6 is 0 Å². The van der Waals surface area contributed by atoms with Crippen molar-refractivity contribution in [3.8, 4) is 0 Å². The van der Waals surface area contributed by atoms with Crippen LogP contribution in [0.2, 0.25) is 0 Å². The molecule has 1 aliphatic rings. The smallest absolute Gasteiger partial charge is 0.334 e. The standard InChI is InChI=1S/C12H17N5O4/c1-3-4-7-10(17(20)21)11(16(2)15-7)13-8-5-6-9(18)14-12(8)19/h8,13H,3-6H2,1-2H3,(H,14,18,19). The molecule has 21 heavy (non-hydrogen) atoms. The maximum atomic E-state index is 11.7. The Labute approximate surface area is 120 Å². The van der Waals surface area contributed by atoms with Gasteiger partial charge in [0.05, 0.1) is 4.92 Å². The zero-order valence-corrected chi connectivity index (χ0v) is 11.9. The molecule has 0 aliphatic carbocycles. The molecule has 1 aliphatic heterocycles. The van der Waals surface area contributed by atoms with Gasteiger partial charge in [0.25, 0.3) is 0 Å². The number of carbonyl (C=O) groups is 2. The Kier molecular flexibility index (Phi) is 4.20. The quantitative estimate of drug-likeness (QED) is 0.463. The van der Waals surface area contributed by atoms with Crippen molar-refractivity contribution in [1.29, 1.82) is 0 Å². The molecular formula is C12H17N5O4. The number of piperidine rings is 1. The minimum atomic E-state index is -0.675. The van der Waals surface area contributed by atoms with E-state index < -0.39 is 16.9 Å². The Morgan fingerprint density at radius 3 is 2.81 bits per heavy atom. The maximum Gasteiger partial charge on any atom is 0.334 e. The summed E-state index contributed by atoms with van der Waals surface area (Å²) in [4.78, 5) is 33.6. The summed E-state index contributed by atoms with van der Waals surface area (Å²) < 4.78 is 1.37. The highest BCUT2D eigenvalue weighted by atomic mass is 16.6. The molecule has 1 unspecified atom stereocenters. The lowest BCUT2D eigenvalue weighted by atomic mass is 10.1. The predicted molar refractivity (Wildman–Crippen MR) is 73.7 cm³/mol. The van der Waals surface area contributed by atoms with Crippen molar-refractivity contribution in [2.75, 3.05) is 5.32 Å². The Morgan fingerprint density at radius 2 is 2.24 bits per heavy atom. The molecule has 0 saturated carbocycles. The van der Waals surface area contributed by atoms with Gasteiger partial charge in [-0.15, -0.1) is 0 Å². The van der Waals surface area contributed by atoms with E-state index in [1.165, 1.54) is 4.68 Å². The highest BCUT2D eigenvalue weighted by molar-refractivity contribution is 6.01. The molecule has 1 saturated heterocycles. The van der Waals surface area contributed by atoms with Gasteiger partial charge in [-0.3, -0.25) is 25.0 Å². The lowest BCUT2D eigenvalue weighted by molar-refractivity contribution is -0.384. The van der Waals surface area contributed by atoms with Gasteiger partial charge >= 0.3 is 5.69 Å². The number of anilines is 1. The second-order valence-electron chi connectivity index (χ2n) is 4.92. The van der Waals surface area contributed by atoms with Crippen LogP contribution < -0.4 is 10.6 Å². The molecule has 0 aromatic carbocycles. The van der Waals surface area contributed by atoms with E-state index in [1.807, 2.05) is 6.92 Å². The maximum absolute atomic E-state index is 11.7. The number of aryl methyl sites for hydroxylation is 2. The molecule has 0 spiro atoms. The van der Waals surface area contributed by atoms with Gasteiger partial charge in [0.15, 0.2) is 0 Å². The molecule has 9 nitrogen and oxygen atoms in total.